The Balaban J connectivity index is 1.95. The second-order valence-electron chi connectivity index (χ2n) is 1.77. The molecule has 0 aromatic carbocycles. The summed E-state index contributed by atoms with van der Waals surface area (Å²) >= 11 is 2.14. The van der Waals surface area contributed by atoms with Gasteiger partial charge in [-0.25, -0.2) is 0 Å². The van der Waals surface area contributed by atoms with Crippen molar-refractivity contribution < 1.29 is 0 Å². The van der Waals surface area contributed by atoms with Crippen LogP contribution in [0.15, 0.2) is 10.2 Å². The quantitative estimate of drug-likeness (QED) is 0.567. The van der Waals surface area contributed by atoms with E-state index in [1.165, 1.54) is 0 Å². The summed E-state index contributed by atoms with van der Waals surface area (Å²) in [5.41, 5.74) is 0. The van der Waals surface area contributed by atoms with Crippen molar-refractivity contribution in [2.75, 3.05) is 13.1 Å². The summed E-state index contributed by atoms with van der Waals surface area (Å²) in [6, 6.07) is 0.525. The van der Waals surface area contributed by atoms with Crippen LogP contribution in [0.4, 0.5) is 0 Å². The molecule has 0 spiro atoms. The highest BCUT2D eigenvalue weighted by Gasteiger charge is 2.11. The summed E-state index contributed by atoms with van der Waals surface area (Å²) in [5, 5.41) is 7.63. The average Bonchev–Trinajstić information content (AvgIpc) is 1.63. The first-order valence-corrected chi connectivity index (χ1v) is 3.71. The van der Waals surface area contributed by atoms with Gasteiger partial charge in [0.25, 0.3) is 0 Å². The third kappa shape index (κ3) is 1.66. The molecule has 0 amide bonds. The van der Waals surface area contributed by atoms with Gasteiger partial charge >= 0.3 is 0 Å². The predicted octanol–water partition coefficient (Wildman–Crippen LogP) is 1.15. The van der Waals surface area contributed by atoms with Crippen molar-refractivity contribution in [1.29, 1.82) is 0 Å². The molecule has 3 nitrogen and oxygen atoms in total. The molecule has 1 N–H and O–H groups in total. The van der Waals surface area contributed by atoms with E-state index in [0.29, 0.717) is 6.04 Å². The summed E-state index contributed by atoms with van der Waals surface area (Å²) in [5.74, 6) is 0. The molecule has 4 heteroatoms. The Morgan fingerprint density at radius 3 is 2.88 bits per heavy atom. The smallest absolute Gasteiger partial charge is 0.0933 e. The zero-order chi connectivity index (χ0) is 5.82. The molecule has 0 aromatic rings. The summed E-state index contributed by atoms with van der Waals surface area (Å²) in [6.45, 7) is 1.99. The van der Waals surface area contributed by atoms with Gasteiger partial charge in [-0.05, 0) is 6.42 Å². The standard InChI is InChI=1S/C4H8IN3/c5-6-2-1-4-3-7-8-4/h4,6H,1-3H2. The zero-order valence-corrected chi connectivity index (χ0v) is 6.63. The van der Waals surface area contributed by atoms with E-state index in [1.54, 1.807) is 0 Å². The molecule has 8 heavy (non-hydrogen) atoms. The van der Waals surface area contributed by atoms with Gasteiger partial charge in [0.1, 0.15) is 0 Å². The maximum Gasteiger partial charge on any atom is 0.0933 e. The van der Waals surface area contributed by atoms with Gasteiger partial charge in [-0.1, -0.05) is 0 Å². The Morgan fingerprint density at radius 1 is 1.75 bits per heavy atom. The molecular formula is C4H8IN3. The number of hydrogen-bond donors (Lipinski definition) is 1. The number of hydrogen-bond acceptors (Lipinski definition) is 3. The molecule has 1 aliphatic rings. The molecule has 0 radical (unpaired) electrons. The van der Waals surface area contributed by atoms with Gasteiger partial charge < -0.3 is 0 Å². The molecule has 0 bridgehead atoms. The highest BCUT2D eigenvalue weighted by molar-refractivity contribution is 14.1. The lowest BCUT2D eigenvalue weighted by molar-refractivity contribution is 0.505. The summed E-state index contributed by atoms with van der Waals surface area (Å²) in [6.07, 6.45) is 1.13. The van der Waals surface area contributed by atoms with Crippen LogP contribution in [0.2, 0.25) is 0 Å². The maximum absolute atomic E-state index is 3.89. The Bertz CT molecular complexity index is 93.3. The van der Waals surface area contributed by atoms with E-state index in [1.807, 2.05) is 0 Å². The van der Waals surface area contributed by atoms with Crippen molar-refractivity contribution >= 4 is 22.9 Å². The molecule has 46 valence electrons. The normalized spacial score (nSPS) is 25.4. The van der Waals surface area contributed by atoms with Gasteiger partial charge in [-0.15, -0.1) is 0 Å². The van der Waals surface area contributed by atoms with Crippen LogP contribution >= 0.6 is 22.9 Å². The van der Waals surface area contributed by atoms with Crippen LogP contribution < -0.4 is 3.53 Å². The minimum Gasteiger partial charge on any atom is -0.261 e. The fraction of sp³-hybridized carbons (Fsp3) is 1.00. The fourth-order valence-electron chi connectivity index (χ4n) is 0.567. The lowest BCUT2D eigenvalue weighted by atomic mass is 10.2. The highest BCUT2D eigenvalue weighted by atomic mass is 127. The molecular weight excluding hydrogens is 217 g/mol. The van der Waals surface area contributed by atoms with Crippen LogP contribution in [0, 0.1) is 0 Å². The van der Waals surface area contributed by atoms with Crippen molar-refractivity contribution in [2.45, 2.75) is 12.5 Å². The SMILES string of the molecule is INCCC1CN=N1. The van der Waals surface area contributed by atoms with Crippen LogP contribution in [-0.4, -0.2) is 19.1 Å². The number of nitrogens with zero attached hydrogens (tertiary/aromatic N) is 2. The highest BCUT2D eigenvalue weighted by Crippen LogP contribution is 2.07. The van der Waals surface area contributed by atoms with E-state index in [-0.39, 0.29) is 0 Å². The van der Waals surface area contributed by atoms with Crippen LogP contribution in [0.1, 0.15) is 6.42 Å². The van der Waals surface area contributed by atoms with Gasteiger partial charge in [-0.3, -0.25) is 3.53 Å². The Morgan fingerprint density at radius 2 is 2.50 bits per heavy atom. The topological polar surface area (TPSA) is 36.8 Å². The minimum absolute atomic E-state index is 0.525. The van der Waals surface area contributed by atoms with Crippen molar-refractivity contribution in [3.8, 4) is 0 Å². The third-order valence-corrected chi connectivity index (χ3v) is 1.65. The van der Waals surface area contributed by atoms with Crippen molar-refractivity contribution in [3.63, 3.8) is 0 Å². The molecule has 1 rings (SSSR count). The molecule has 1 unspecified atom stereocenters. The molecule has 0 fully saturated rings. The van der Waals surface area contributed by atoms with Crippen LogP contribution in [0.5, 0.6) is 0 Å². The first kappa shape index (κ1) is 6.41. The van der Waals surface area contributed by atoms with Crippen LogP contribution in [-0.2, 0) is 0 Å². The molecule has 0 saturated carbocycles. The second-order valence-corrected chi connectivity index (χ2v) is 2.53. The lowest BCUT2D eigenvalue weighted by Gasteiger charge is -2.13. The van der Waals surface area contributed by atoms with Gasteiger partial charge in [0, 0.05) is 29.4 Å². The Kier molecular flexibility index (Phi) is 2.68. The molecule has 0 saturated heterocycles. The molecule has 1 aliphatic heterocycles. The second kappa shape index (κ2) is 3.34. The maximum atomic E-state index is 3.89. The van der Waals surface area contributed by atoms with Gasteiger partial charge in [0.15, 0.2) is 0 Å². The van der Waals surface area contributed by atoms with E-state index in [4.69, 9.17) is 0 Å². The first-order valence-electron chi connectivity index (χ1n) is 2.63. The summed E-state index contributed by atoms with van der Waals surface area (Å²) in [4.78, 5) is 0. The minimum atomic E-state index is 0.525. The van der Waals surface area contributed by atoms with Gasteiger partial charge in [0.2, 0.25) is 0 Å². The Labute approximate surface area is 62.4 Å². The van der Waals surface area contributed by atoms with Gasteiger partial charge in [-0.2, -0.15) is 10.2 Å². The molecule has 1 atom stereocenters. The van der Waals surface area contributed by atoms with Crippen molar-refractivity contribution in [3.05, 3.63) is 0 Å². The van der Waals surface area contributed by atoms with Crippen LogP contribution in [0.3, 0.4) is 0 Å². The number of rotatable bonds is 3. The molecule has 1 heterocycles. The van der Waals surface area contributed by atoms with E-state index >= 15 is 0 Å². The fourth-order valence-corrected chi connectivity index (χ4v) is 0.879. The summed E-state index contributed by atoms with van der Waals surface area (Å²) in [7, 11) is 0. The predicted molar refractivity (Wildman–Crippen MR) is 40.2 cm³/mol. The van der Waals surface area contributed by atoms with E-state index in [0.717, 1.165) is 19.5 Å². The third-order valence-electron chi connectivity index (χ3n) is 1.11. The monoisotopic (exact) mass is 225 g/mol. The summed E-state index contributed by atoms with van der Waals surface area (Å²) < 4.78 is 3.04. The van der Waals surface area contributed by atoms with Crippen molar-refractivity contribution in [2.24, 2.45) is 10.2 Å². The van der Waals surface area contributed by atoms with E-state index in [9.17, 15) is 0 Å². The van der Waals surface area contributed by atoms with Gasteiger partial charge in [0.05, 0.1) is 12.6 Å². The first-order chi connectivity index (χ1) is 3.93. The molecule has 0 aliphatic carbocycles. The number of halogens is 1. The average molecular weight is 225 g/mol. The van der Waals surface area contributed by atoms with Crippen LogP contribution in [0.25, 0.3) is 0 Å². The lowest BCUT2D eigenvalue weighted by Crippen LogP contribution is -2.20. The number of azo groups is 1. The van der Waals surface area contributed by atoms with Crippen molar-refractivity contribution in [1.82, 2.24) is 3.53 Å². The van der Waals surface area contributed by atoms with E-state index in [2.05, 4.69) is 36.6 Å². The Hall–Kier alpha value is 0.290. The molecule has 0 aromatic heterocycles. The van der Waals surface area contributed by atoms with E-state index < -0.39 is 0 Å². The number of nitrogens with one attached hydrogen (secondary N) is 1. The largest absolute Gasteiger partial charge is 0.261 e. The zero-order valence-electron chi connectivity index (χ0n) is 4.47.